The van der Waals surface area contributed by atoms with Crippen molar-refractivity contribution in [1.82, 2.24) is 0 Å². The fraction of sp³-hybridized carbons (Fsp3) is 0.750. The normalized spacial score (nSPS) is 10.8. The molecule has 0 spiro atoms. The van der Waals surface area contributed by atoms with Crippen LogP contribution in [-0.4, -0.2) is 60.8 Å². The monoisotopic (exact) mass is 310 g/mol. The molecule has 0 aliphatic carbocycles. The second-order valence-electron chi connectivity index (χ2n) is 3.05. The van der Waals surface area contributed by atoms with Crippen molar-refractivity contribution in [3.05, 3.63) is 0 Å². The predicted molar refractivity (Wildman–Crippen MR) is 43.3 cm³/mol. The second-order valence-corrected chi connectivity index (χ2v) is 3.05. The molecule has 0 aliphatic rings. The van der Waals surface area contributed by atoms with Gasteiger partial charge in [0.1, 0.15) is 0 Å². The molecule has 0 fully saturated rings. The smallest absolute Gasteiger partial charge is 0.549 e. The average Bonchev–Trinajstić information content (AvgIpc) is 1.86. The molecule has 0 unspecified atom stereocenters. The Labute approximate surface area is 118 Å². The maximum Gasteiger partial charge on any atom is 2.00 e. The first-order chi connectivity index (χ1) is 5.39. The van der Waals surface area contributed by atoms with Crippen LogP contribution in [0.2, 0.25) is 0 Å². The summed E-state index contributed by atoms with van der Waals surface area (Å²) in [7, 11) is 0. The van der Waals surface area contributed by atoms with Gasteiger partial charge in [-0.1, -0.05) is 20.8 Å². The molecule has 0 saturated carbocycles. The summed E-state index contributed by atoms with van der Waals surface area (Å²) in [6.45, 7) is 4.54. The number of carbonyl (C=O) groups is 2. The van der Waals surface area contributed by atoms with Gasteiger partial charge in [-0.05, 0) is 12.3 Å². The first-order valence-electron chi connectivity index (χ1n) is 3.82. The van der Waals surface area contributed by atoms with Crippen LogP contribution >= 0.6 is 0 Å². The Kier molecular flexibility index (Phi) is 7.47. The van der Waals surface area contributed by atoms with Crippen molar-refractivity contribution >= 4 is 60.8 Å². The van der Waals surface area contributed by atoms with E-state index in [4.69, 9.17) is 0 Å². The summed E-state index contributed by atoms with van der Waals surface area (Å²) < 4.78 is 0. The molecule has 0 aromatic rings. The molecule has 70 valence electrons. The molecule has 0 amide bonds. The molecule has 0 N–H and O–H groups in total. The van der Waals surface area contributed by atoms with Crippen LogP contribution in [0.3, 0.4) is 0 Å². The minimum atomic E-state index is -1.85. The van der Waals surface area contributed by atoms with Gasteiger partial charge in [-0.15, -0.1) is 0 Å². The quantitative estimate of drug-likeness (QED) is 0.451. The molecule has 13 heavy (non-hydrogen) atoms. The fourth-order valence-electron chi connectivity index (χ4n) is 1.25. The number of hydrogen-bond acceptors (Lipinski definition) is 4. The van der Waals surface area contributed by atoms with Crippen LogP contribution in [-0.2, 0) is 9.59 Å². The first kappa shape index (κ1) is 16.0. The third-order valence-corrected chi connectivity index (χ3v) is 2.27. The number of rotatable bonds is 4. The Morgan fingerprint density at radius 3 is 1.54 bits per heavy atom. The average molecular weight is 310 g/mol. The van der Waals surface area contributed by atoms with Gasteiger partial charge < -0.3 is 19.8 Å². The van der Waals surface area contributed by atoms with Crippen LogP contribution in [0, 0.1) is 11.3 Å². The predicted octanol–water partition coefficient (Wildman–Crippen LogP) is -1.84. The van der Waals surface area contributed by atoms with Crippen molar-refractivity contribution in [3.8, 4) is 0 Å². The van der Waals surface area contributed by atoms with Gasteiger partial charge in [0.15, 0.2) is 0 Å². The SMILES string of the molecule is CCC(C(=O)[O-])(C(=O)[O-])C(C)C.[Ba+2]. The van der Waals surface area contributed by atoms with Crippen molar-refractivity contribution < 1.29 is 19.8 Å². The number of carboxylic acid groups (broad SMARTS) is 2. The zero-order valence-corrected chi connectivity index (χ0v) is 12.6. The fourth-order valence-corrected chi connectivity index (χ4v) is 1.25. The maximum absolute atomic E-state index is 10.6. The molecular weight excluding hydrogens is 297 g/mol. The van der Waals surface area contributed by atoms with Crippen molar-refractivity contribution in [2.24, 2.45) is 11.3 Å². The zero-order valence-electron chi connectivity index (χ0n) is 8.12. The van der Waals surface area contributed by atoms with Gasteiger partial charge in [-0.2, -0.15) is 0 Å². The Balaban J connectivity index is 0. The van der Waals surface area contributed by atoms with E-state index in [1.807, 2.05) is 0 Å². The standard InChI is InChI=1S/C8H14O4.Ba/c1-4-8(5(2)3,6(9)10)7(11)12;/h5H,4H2,1-3H3,(H,9,10)(H,11,12);/q;+2/p-2. The molecule has 0 heterocycles. The number of aliphatic carboxylic acids is 2. The van der Waals surface area contributed by atoms with E-state index in [1.165, 1.54) is 20.8 Å². The molecule has 0 bridgehead atoms. The van der Waals surface area contributed by atoms with Crippen molar-refractivity contribution in [1.29, 1.82) is 0 Å². The molecule has 4 nitrogen and oxygen atoms in total. The largest absolute Gasteiger partial charge is 2.00 e. The van der Waals surface area contributed by atoms with Crippen LogP contribution < -0.4 is 10.2 Å². The van der Waals surface area contributed by atoms with E-state index in [2.05, 4.69) is 0 Å². The van der Waals surface area contributed by atoms with Gasteiger partial charge in [-0.3, -0.25) is 0 Å². The van der Waals surface area contributed by atoms with Crippen molar-refractivity contribution in [2.75, 3.05) is 0 Å². The van der Waals surface area contributed by atoms with E-state index in [1.54, 1.807) is 0 Å². The molecule has 0 saturated heterocycles. The van der Waals surface area contributed by atoms with Crippen LogP contribution in [0.1, 0.15) is 27.2 Å². The Bertz CT molecular complexity index is 186. The minimum absolute atomic E-state index is 0. The molecule has 0 aromatic carbocycles. The molecule has 0 rings (SSSR count). The Morgan fingerprint density at radius 2 is 1.54 bits per heavy atom. The van der Waals surface area contributed by atoms with E-state index < -0.39 is 23.3 Å². The molecule has 5 heteroatoms. The minimum Gasteiger partial charge on any atom is -0.549 e. The van der Waals surface area contributed by atoms with Gasteiger partial charge in [-0.25, -0.2) is 0 Å². The van der Waals surface area contributed by atoms with Crippen molar-refractivity contribution in [3.63, 3.8) is 0 Å². The maximum atomic E-state index is 10.6. The van der Waals surface area contributed by atoms with E-state index in [-0.39, 0.29) is 55.3 Å². The summed E-state index contributed by atoms with van der Waals surface area (Å²) in [5.74, 6) is -3.67. The van der Waals surface area contributed by atoms with Gasteiger partial charge in [0.25, 0.3) is 0 Å². The van der Waals surface area contributed by atoms with Gasteiger partial charge in [0.05, 0.1) is 17.4 Å². The molecule has 0 aliphatic heterocycles. The third-order valence-electron chi connectivity index (χ3n) is 2.27. The summed E-state index contributed by atoms with van der Waals surface area (Å²) >= 11 is 0. The summed E-state index contributed by atoms with van der Waals surface area (Å²) in [5, 5.41) is 21.2. The topological polar surface area (TPSA) is 80.3 Å². The van der Waals surface area contributed by atoms with E-state index in [9.17, 15) is 19.8 Å². The van der Waals surface area contributed by atoms with Gasteiger partial charge in [0.2, 0.25) is 0 Å². The van der Waals surface area contributed by atoms with Crippen LogP contribution in [0.25, 0.3) is 0 Å². The molecular formula is C8H12BaO4. The van der Waals surface area contributed by atoms with Crippen molar-refractivity contribution in [2.45, 2.75) is 27.2 Å². The zero-order chi connectivity index (χ0) is 9.94. The Hall–Kier alpha value is 0.511. The third kappa shape index (κ3) is 2.99. The second kappa shape index (κ2) is 6.08. The van der Waals surface area contributed by atoms with Gasteiger partial charge in [0, 0.05) is 0 Å². The Morgan fingerprint density at radius 1 is 1.23 bits per heavy atom. The number of carbonyl (C=O) groups excluding carboxylic acids is 2. The van der Waals surface area contributed by atoms with E-state index in [0.29, 0.717) is 0 Å². The molecule has 0 atom stereocenters. The van der Waals surface area contributed by atoms with Crippen LogP contribution in [0.15, 0.2) is 0 Å². The number of carboxylic acids is 2. The first-order valence-corrected chi connectivity index (χ1v) is 3.82. The summed E-state index contributed by atoms with van der Waals surface area (Å²) in [6, 6.07) is 0. The van der Waals surface area contributed by atoms with Crippen LogP contribution in [0.4, 0.5) is 0 Å². The van der Waals surface area contributed by atoms with E-state index in [0.717, 1.165) is 0 Å². The van der Waals surface area contributed by atoms with Gasteiger partial charge >= 0.3 is 48.9 Å². The molecule has 0 radical (unpaired) electrons. The summed E-state index contributed by atoms with van der Waals surface area (Å²) in [6.07, 6.45) is -0.0185. The number of hydrogen-bond donors (Lipinski definition) is 0. The van der Waals surface area contributed by atoms with E-state index >= 15 is 0 Å². The molecule has 0 aromatic heterocycles. The van der Waals surface area contributed by atoms with Crippen LogP contribution in [0.5, 0.6) is 0 Å². The summed E-state index contributed by atoms with van der Waals surface area (Å²) in [5.41, 5.74) is -1.85. The summed E-state index contributed by atoms with van der Waals surface area (Å²) in [4.78, 5) is 21.2.